The summed E-state index contributed by atoms with van der Waals surface area (Å²) in [6, 6.07) is 23.5. The van der Waals surface area contributed by atoms with E-state index in [4.69, 9.17) is 25.5 Å². The Morgan fingerprint density at radius 2 is 1.27 bits per heavy atom. The van der Waals surface area contributed by atoms with Gasteiger partial charge >= 0.3 is 0 Å². The predicted octanol–water partition coefficient (Wildman–Crippen LogP) is 8.74. The van der Waals surface area contributed by atoms with Crippen molar-refractivity contribution >= 4 is 65.6 Å². The van der Waals surface area contributed by atoms with Crippen molar-refractivity contribution < 1.29 is 4.74 Å². The fourth-order valence-corrected chi connectivity index (χ4v) is 5.95. The first-order valence-corrected chi connectivity index (χ1v) is 16.1. The fourth-order valence-electron chi connectivity index (χ4n) is 4.95. The lowest BCUT2D eigenvalue weighted by molar-refractivity contribution is 0.479. The molecule has 0 amide bonds. The van der Waals surface area contributed by atoms with Gasteiger partial charge in [0.1, 0.15) is 34.8 Å². The molecule has 0 radical (unpaired) electrons. The van der Waals surface area contributed by atoms with Crippen LogP contribution in [0, 0.1) is 10.8 Å². The van der Waals surface area contributed by atoms with Crippen molar-refractivity contribution in [1.82, 2.24) is 30.6 Å². The van der Waals surface area contributed by atoms with Crippen LogP contribution in [0.25, 0.3) is 44.8 Å². The van der Waals surface area contributed by atoms with Crippen LogP contribution in [0.3, 0.4) is 0 Å². The Bertz CT molecular complexity index is 2080. The summed E-state index contributed by atoms with van der Waals surface area (Å²) < 4.78 is 7.86. The van der Waals surface area contributed by atoms with Crippen molar-refractivity contribution in [2.45, 2.75) is 39.8 Å². The summed E-state index contributed by atoms with van der Waals surface area (Å²) in [6.45, 7) is 8.05. The maximum atomic E-state index is 8.30. The zero-order valence-corrected chi connectivity index (χ0v) is 28.3. The summed E-state index contributed by atoms with van der Waals surface area (Å²) in [7, 11) is 0. The minimum Gasteiger partial charge on any atom is -0.456 e. The van der Waals surface area contributed by atoms with Gasteiger partial charge in [0, 0.05) is 38.8 Å². The maximum absolute atomic E-state index is 8.30. The average Bonchev–Trinajstić information content (AvgIpc) is 3.61. The SMILES string of the molecule is CC(C)NC(=N)c1ccc2nc(-c3ccc(Oc4ccc(-c5nc6ccc(C(=N)NC(C)C)cc6[nH]5)c(Br)c4)c(Br)c3)[nH]c2c1. The highest BCUT2D eigenvalue weighted by Crippen LogP contribution is 2.37. The standard InChI is InChI=1S/C34H32Br2N8O/c1-17(2)39-31(37)19-5-10-26-28(14-19)43-33(41-26)21-7-12-30(25(36)13-21)45-22-8-9-23(24(35)16-22)34-42-27-11-6-20(15-29(27)44-34)32(38)40-18(3)4/h5-18H,1-4H3,(H2,37,39)(H2,38,40)(H,41,43)(H,42,44). The minimum absolute atomic E-state index is 0.182. The molecule has 9 nitrogen and oxygen atoms in total. The summed E-state index contributed by atoms with van der Waals surface area (Å²) in [6.07, 6.45) is 0. The van der Waals surface area contributed by atoms with Crippen LogP contribution in [0.15, 0.2) is 81.7 Å². The van der Waals surface area contributed by atoms with Gasteiger partial charge in [-0.2, -0.15) is 0 Å². The Labute approximate surface area is 277 Å². The molecule has 0 bridgehead atoms. The number of H-pyrrole nitrogens is 2. The van der Waals surface area contributed by atoms with E-state index in [1.54, 1.807) is 0 Å². The van der Waals surface area contributed by atoms with Gasteiger partial charge in [0.15, 0.2) is 0 Å². The molecular weight excluding hydrogens is 696 g/mol. The van der Waals surface area contributed by atoms with Crippen LogP contribution >= 0.6 is 31.9 Å². The first-order chi connectivity index (χ1) is 21.5. The van der Waals surface area contributed by atoms with Crippen LogP contribution < -0.4 is 15.4 Å². The molecule has 4 aromatic carbocycles. The summed E-state index contributed by atoms with van der Waals surface area (Å²) >= 11 is 7.36. The summed E-state index contributed by atoms with van der Waals surface area (Å²) in [4.78, 5) is 16.3. The van der Waals surface area contributed by atoms with Gasteiger partial charge in [0.25, 0.3) is 0 Å². The molecular formula is C34H32Br2N8O. The van der Waals surface area contributed by atoms with E-state index >= 15 is 0 Å². The Morgan fingerprint density at radius 1 is 0.689 bits per heavy atom. The highest BCUT2D eigenvalue weighted by molar-refractivity contribution is 9.11. The van der Waals surface area contributed by atoms with Gasteiger partial charge < -0.3 is 25.3 Å². The summed E-state index contributed by atoms with van der Waals surface area (Å²) in [5.74, 6) is 3.55. The van der Waals surface area contributed by atoms with Gasteiger partial charge in [-0.05, 0) is 132 Å². The van der Waals surface area contributed by atoms with E-state index in [0.717, 1.165) is 64.9 Å². The van der Waals surface area contributed by atoms with Gasteiger partial charge in [-0.1, -0.05) is 0 Å². The molecule has 0 saturated carbocycles. The molecule has 11 heteroatoms. The molecule has 0 fully saturated rings. The number of hydrogen-bond donors (Lipinski definition) is 6. The lowest BCUT2D eigenvalue weighted by Gasteiger charge is -2.11. The van der Waals surface area contributed by atoms with Crippen LogP contribution in [-0.2, 0) is 0 Å². The third-order valence-electron chi connectivity index (χ3n) is 7.04. The van der Waals surface area contributed by atoms with Gasteiger partial charge in [-0.15, -0.1) is 0 Å². The number of aromatic amines is 2. The Hall–Kier alpha value is -4.48. The molecule has 0 spiro atoms. The van der Waals surface area contributed by atoms with Crippen molar-refractivity contribution in [3.63, 3.8) is 0 Å². The van der Waals surface area contributed by atoms with Crippen molar-refractivity contribution in [2.24, 2.45) is 0 Å². The van der Waals surface area contributed by atoms with Crippen LogP contribution in [0.5, 0.6) is 11.5 Å². The molecule has 45 heavy (non-hydrogen) atoms. The highest BCUT2D eigenvalue weighted by atomic mass is 79.9. The van der Waals surface area contributed by atoms with Gasteiger partial charge in [0.2, 0.25) is 0 Å². The molecule has 2 aromatic heterocycles. The number of fused-ring (bicyclic) bond motifs is 2. The number of amidine groups is 2. The fraction of sp³-hybridized carbons (Fsp3) is 0.176. The number of nitrogens with zero attached hydrogens (tertiary/aromatic N) is 2. The van der Waals surface area contributed by atoms with E-state index in [1.807, 2.05) is 100 Å². The molecule has 6 N–H and O–H groups in total. The Balaban J connectivity index is 1.19. The molecule has 0 saturated heterocycles. The average molecular weight is 728 g/mol. The molecule has 228 valence electrons. The normalized spacial score (nSPS) is 11.5. The van der Waals surface area contributed by atoms with Gasteiger partial charge in [-0.25, -0.2) is 9.97 Å². The molecule has 2 heterocycles. The zero-order chi connectivity index (χ0) is 31.8. The van der Waals surface area contributed by atoms with E-state index in [9.17, 15) is 0 Å². The molecule has 6 aromatic rings. The van der Waals surface area contributed by atoms with E-state index in [0.29, 0.717) is 23.2 Å². The number of nitrogens with one attached hydrogen (secondary N) is 6. The third kappa shape index (κ3) is 6.64. The number of hydrogen-bond acceptors (Lipinski definition) is 5. The Morgan fingerprint density at radius 3 is 1.82 bits per heavy atom. The van der Waals surface area contributed by atoms with Gasteiger partial charge in [-0.3, -0.25) is 10.8 Å². The van der Waals surface area contributed by atoms with Crippen LogP contribution in [0.1, 0.15) is 38.8 Å². The van der Waals surface area contributed by atoms with Crippen molar-refractivity contribution in [3.8, 4) is 34.3 Å². The first-order valence-electron chi connectivity index (χ1n) is 14.5. The van der Waals surface area contributed by atoms with Crippen molar-refractivity contribution in [2.75, 3.05) is 0 Å². The topological polar surface area (TPSA) is 138 Å². The van der Waals surface area contributed by atoms with E-state index < -0.39 is 0 Å². The highest BCUT2D eigenvalue weighted by Gasteiger charge is 2.14. The monoisotopic (exact) mass is 726 g/mol. The van der Waals surface area contributed by atoms with E-state index in [-0.39, 0.29) is 12.1 Å². The molecule has 0 aliphatic carbocycles. The van der Waals surface area contributed by atoms with Crippen LogP contribution in [0.2, 0.25) is 0 Å². The number of halogens is 2. The zero-order valence-electron chi connectivity index (χ0n) is 25.1. The number of imidazole rings is 2. The quantitative estimate of drug-likeness (QED) is 0.0688. The van der Waals surface area contributed by atoms with Crippen LogP contribution in [0.4, 0.5) is 0 Å². The minimum atomic E-state index is 0.182. The van der Waals surface area contributed by atoms with Crippen molar-refractivity contribution in [3.05, 3.63) is 92.9 Å². The Kier molecular flexibility index (Phi) is 8.48. The molecule has 0 aliphatic heterocycles. The molecule has 0 aliphatic rings. The number of rotatable bonds is 8. The second-order valence-corrected chi connectivity index (χ2v) is 13.1. The van der Waals surface area contributed by atoms with E-state index in [2.05, 4.69) is 52.5 Å². The number of benzene rings is 4. The summed E-state index contributed by atoms with van der Waals surface area (Å²) in [5.41, 5.74) is 6.80. The predicted molar refractivity (Wildman–Crippen MR) is 189 cm³/mol. The largest absolute Gasteiger partial charge is 0.456 e. The van der Waals surface area contributed by atoms with Gasteiger partial charge in [0.05, 0.1) is 26.5 Å². The second-order valence-electron chi connectivity index (χ2n) is 11.4. The lowest BCUT2D eigenvalue weighted by atomic mass is 10.1. The lowest BCUT2D eigenvalue weighted by Crippen LogP contribution is -2.30. The molecule has 0 unspecified atom stereocenters. The smallest absolute Gasteiger partial charge is 0.141 e. The summed E-state index contributed by atoms with van der Waals surface area (Å²) in [5, 5.41) is 22.9. The van der Waals surface area contributed by atoms with E-state index in [1.165, 1.54) is 0 Å². The maximum Gasteiger partial charge on any atom is 0.141 e. The second kappa shape index (κ2) is 12.5. The third-order valence-corrected chi connectivity index (χ3v) is 8.31. The number of ether oxygens (including phenoxy) is 1. The molecule has 0 atom stereocenters. The molecule has 6 rings (SSSR count). The van der Waals surface area contributed by atoms with Crippen molar-refractivity contribution in [1.29, 1.82) is 10.8 Å². The first kappa shape index (κ1) is 30.5. The number of aromatic nitrogens is 4. The van der Waals surface area contributed by atoms with Crippen LogP contribution in [-0.4, -0.2) is 43.7 Å².